The molecule has 295 valence electrons. The van der Waals surface area contributed by atoms with Crippen LogP contribution in [0.4, 0.5) is 17.6 Å². The van der Waals surface area contributed by atoms with E-state index >= 15 is 0 Å². The van der Waals surface area contributed by atoms with Gasteiger partial charge in [0.05, 0.1) is 11.0 Å². The predicted molar refractivity (Wildman–Crippen MR) is 210 cm³/mol. The minimum Gasteiger partial charge on any atom is -0.693 e. The van der Waals surface area contributed by atoms with E-state index in [4.69, 9.17) is 8.83 Å². The number of halogens is 4. The van der Waals surface area contributed by atoms with Crippen LogP contribution in [-0.2, 0) is 40.2 Å². The van der Waals surface area contributed by atoms with E-state index < -0.39 is 23.3 Å². The molecule has 0 atom stereocenters. The van der Waals surface area contributed by atoms with E-state index in [1.165, 1.54) is 0 Å². The molecule has 10 aromatic rings. The molecule has 0 saturated heterocycles. The molecule has 1 radical (unpaired) electrons. The van der Waals surface area contributed by atoms with E-state index in [0.717, 1.165) is 68.4 Å². The normalized spacial score (nSPS) is 10.3. The number of nitrogens with zero attached hydrogens (tertiary/aromatic N) is 4. The third-order valence-electron chi connectivity index (χ3n) is 8.27. The number of hydrogen-bond donors (Lipinski definition) is 0. The van der Waals surface area contributed by atoms with Gasteiger partial charge in [-0.1, -0.05) is 82.9 Å². The van der Waals surface area contributed by atoms with Gasteiger partial charge in [-0.25, -0.2) is 9.97 Å². The minimum atomic E-state index is -0.649. The number of fused-ring (bicyclic) bond motifs is 3. The minimum absolute atomic E-state index is 0. The summed E-state index contributed by atoms with van der Waals surface area (Å²) in [6.45, 7) is 0. The molecule has 4 heterocycles. The second-order valence-corrected chi connectivity index (χ2v) is 12.1. The zero-order valence-corrected chi connectivity index (χ0v) is 35.0. The van der Waals surface area contributed by atoms with Crippen LogP contribution >= 0.6 is 0 Å². The van der Waals surface area contributed by atoms with Crippen molar-refractivity contribution in [1.82, 2.24) is 19.9 Å². The smallest absolute Gasteiger partial charge is 0.693 e. The first kappa shape index (κ1) is 43.9. The van der Waals surface area contributed by atoms with Gasteiger partial charge in [0, 0.05) is 55.8 Å². The van der Waals surface area contributed by atoms with Gasteiger partial charge in [-0.2, -0.15) is 47.2 Å². The van der Waals surface area contributed by atoms with E-state index in [-0.39, 0.29) is 57.5 Å². The predicted octanol–water partition coefficient (Wildman–Crippen LogP) is 12.4. The molecule has 0 aliphatic rings. The number of benzene rings is 6. The quantitative estimate of drug-likeness (QED) is 0.128. The van der Waals surface area contributed by atoms with Crippen molar-refractivity contribution >= 4 is 33.0 Å². The van der Waals surface area contributed by atoms with Crippen LogP contribution in [0.15, 0.2) is 155 Å². The molecule has 0 spiro atoms. The Labute approximate surface area is 362 Å². The van der Waals surface area contributed by atoms with E-state index in [0.29, 0.717) is 23.2 Å². The van der Waals surface area contributed by atoms with Gasteiger partial charge < -0.3 is 25.0 Å². The molecule has 0 amide bonds. The summed E-state index contributed by atoms with van der Waals surface area (Å²) < 4.78 is 63.3. The summed E-state index contributed by atoms with van der Waals surface area (Å²) in [5, 5.41) is 1.86. The van der Waals surface area contributed by atoms with Crippen LogP contribution in [0.25, 0.3) is 84.5 Å². The number of aromatic nitrogens is 4. The van der Waals surface area contributed by atoms with Gasteiger partial charge in [-0.15, -0.1) is 24.3 Å². The van der Waals surface area contributed by atoms with Crippen LogP contribution in [0.3, 0.4) is 0 Å². The summed E-state index contributed by atoms with van der Waals surface area (Å²) in [6, 6.07) is 49.1. The Bertz CT molecular complexity index is 2680. The van der Waals surface area contributed by atoms with Crippen LogP contribution in [0, 0.1) is 47.5 Å². The molecule has 4 aromatic heterocycles. The van der Waals surface area contributed by atoms with Gasteiger partial charge in [-0.3, -0.25) is 17.6 Å². The summed E-state index contributed by atoms with van der Waals surface area (Å²) in [6.07, 6.45) is 3.10. The Morgan fingerprint density at radius 2 is 0.898 bits per heavy atom. The van der Waals surface area contributed by atoms with Crippen molar-refractivity contribution in [1.29, 1.82) is 0 Å². The van der Waals surface area contributed by atoms with Crippen molar-refractivity contribution in [3.8, 4) is 45.4 Å². The fraction of sp³-hybridized carbons (Fsp3) is 0. The first-order valence-electron chi connectivity index (χ1n) is 17.0. The van der Waals surface area contributed by atoms with Gasteiger partial charge in [0.25, 0.3) is 0 Å². The van der Waals surface area contributed by atoms with E-state index in [1.807, 2.05) is 72.8 Å². The van der Waals surface area contributed by atoms with Crippen molar-refractivity contribution in [2.24, 2.45) is 0 Å². The topological polar surface area (TPSA) is 111 Å². The Kier molecular flexibility index (Phi) is 14.9. The Balaban J connectivity index is 0.000000182. The third kappa shape index (κ3) is 10.3. The number of oxazole rings is 2. The maximum Gasteiger partial charge on any atom is 3.00 e. The molecular formula is C46H26F4Ir2N5O2-2. The molecular weight excluding hydrogens is 1110 g/mol. The van der Waals surface area contributed by atoms with E-state index in [9.17, 15) is 17.6 Å². The first-order chi connectivity index (χ1) is 27.4. The van der Waals surface area contributed by atoms with E-state index in [2.05, 4.69) is 44.2 Å². The molecule has 0 unspecified atom stereocenters. The standard InChI is InChI=1S/C24H12N2O2.2C11H6F2N.2Ir.H2N/c1-3-7-21-19(5-1)25-23(27-21)17-11-9-16-14-18(12-10-15(16)13-17)24-26-20-6-2-4-8-22(20)28-24;2*12-8-4-5-9(10(13)7-8)11-3-1-2-6-14-11;;;/h1-12H;2*1-4,6-7H;;;1H2/q-2;2*-1;;+3;-1. The molecule has 10 rings (SSSR count). The third-order valence-corrected chi connectivity index (χ3v) is 8.27. The van der Waals surface area contributed by atoms with Crippen molar-refractivity contribution in [3.05, 3.63) is 200 Å². The van der Waals surface area contributed by atoms with Gasteiger partial charge >= 0.3 is 20.1 Å². The maximum atomic E-state index is 13.2. The van der Waals surface area contributed by atoms with Gasteiger partial charge in [0.2, 0.25) is 0 Å². The summed E-state index contributed by atoms with van der Waals surface area (Å²) in [5.41, 5.74) is 6.10. The van der Waals surface area contributed by atoms with Crippen molar-refractivity contribution in [3.63, 3.8) is 0 Å². The summed E-state index contributed by atoms with van der Waals surface area (Å²) in [4.78, 5) is 17.0. The largest absolute Gasteiger partial charge is 3.00 e. The summed E-state index contributed by atoms with van der Waals surface area (Å²) >= 11 is 0. The molecule has 0 bridgehead atoms. The van der Waals surface area contributed by atoms with Crippen LogP contribution in [0.2, 0.25) is 0 Å². The second-order valence-electron chi connectivity index (χ2n) is 12.1. The fourth-order valence-electron chi connectivity index (χ4n) is 5.63. The molecule has 13 heteroatoms. The number of pyridine rings is 2. The molecule has 0 aliphatic heterocycles. The average molecular weight is 1140 g/mol. The van der Waals surface area contributed by atoms with Crippen LogP contribution in [0.5, 0.6) is 0 Å². The van der Waals surface area contributed by atoms with Crippen molar-refractivity contribution < 1.29 is 66.6 Å². The van der Waals surface area contributed by atoms with Crippen molar-refractivity contribution in [2.45, 2.75) is 0 Å². The Morgan fingerprint density at radius 1 is 0.492 bits per heavy atom. The zero-order chi connectivity index (χ0) is 38.4. The van der Waals surface area contributed by atoms with Crippen molar-refractivity contribution in [2.75, 3.05) is 0 Å². The fourth-order valence-corrected chi connectivity index (χ4v) is 5.63. The summed E-state index contributed by atoms with van der Waals surface area (Å²) in [5.74, 6) is -1.45. The monoisotopic (exact) mass is 1140 g/mol. The average Bonchev–Trinajstić information content (AvgIpc) is 3.87. The molecule has 2 N–H and O–H groups in total. The molecule has 0 fully saturated rings. The number of hydrogen-bond acceptors (Lipinski definition) is 6. The summed E-state index contributed by atoms with van der Waals surface area (Å²) in [7, 11) is 0. The number of nitrogens with two attached hydrogens (primary N) is 1. The van der Waals surface area contributed by atoms with Crippen LogP contribution in [0.1, 0.15) is 0 Å². The van der Waals surface area contributed by atoms with Gasteiger partial charge in [0.15, 0.2) is 11.8 Å². The van der Waals surface area contributed by atoms with Crippen LogP contribution < -0.4 is 0 Å². The van der Waals surface area contributed by atoms with Gasteiger partial charge in [-0.05, 0) is 47.8 Å². The number of para-hydroxylation sites is 4. The molecule has 6 aromatic carbocycles. The first-order valence-corrected chi connectivity index (χ1v) is 17.0. The SMILES string of the molecule is Fc1c[c-]c(-c2ccccn2)c(F)c1.Fc1c[c-]c(-c2ccccn2)c(F)c1.[Ir+3].[Ir].[NH2-].[c-]1c(-c2nc3ccccc3o2)ccc2[c-]c(-c3nc4ccccc4o3)ccc12. The van der Waals surface area contributed by atoms with E-state index in [1.54, 1.807) is 48.8 Å². The number of rotatable bonds is 4. The Morgan fingerprint density at radius 3 is 1.27 bits per heavy atom. The second kappa shape index (κ2) is 20.0. The van der Waals surface area contributed by atoms with Crippen LogP contribution in [-0.4, -0.2) is 19.9 Å². The molecule has 7 nitrogen and oxygen atoms in total. The zero-order valence-electron chi connectivity index (χ0n) is 30.2. The molecule has 0 saturated carbocycles. The maximum absolute atomic E-state index is 13.2. The van der Waals surface area contributed by atoms with Gasteiger partial charge in [0.1, 0.15) is 11.2 Å². The molecule has 59 heavy (non-hydrogen) atoms. The Hall–Kier alpha value is -6.20. The molecule has 0 aliphatic carbocycles.